The van der Waals surface area contributed by atoms with Crippen LogP contribution in [0.5, 0.6) is 5.75 Å². The number of hydrogen-bond donors (Lipinski definition) is 0. The summed E-state index contributed by atoms with van der Waals surface area (Å²) >= 11 is 5.97. The van der Waals surface area contributed by atoms with Crippen molar-refractivity contribution in [1.29, 1.82) is 0 Å². The molecule has 0 aliphatic carbocycles. The largest absolute Gasteiger partial charge is 0.495 e. The summed E-state index contributed by atoms with van der Waals surface area (Å²) in [5, 5.41) is 0.222. The smallest absolute Gasteiger partial charge is 0.242 e. The maximum atomic E-state index is 14.4. The molecule has 0 atom stereocenters. The van der Waals surface area contributed by atoms with Crippen molar-refractivity contribution in [2.75, 3.05) is 51.8 Å². The quantitative estimate of drug-likeness (QED) is 0.300. The average Bonchev–Trinajstić information content (AvgIpc) is 2.74. The number of piperazine rings is 1. The van der Waals surface area contributed by atoms with Crippen molar-refractivity contribution < 1.29 is 13.9 Å². The summed E-state index contributed by atoms with van der Waals surface area (Å²) in [5.74, 6) is 0.446. The topological polar surface area (TPSA) is 48.4 Å². The van der Waals surface area contributed by atoms with Crippen LogP contribution in [0.25, 0.3) is 0 Å². The SMILES string of the molecule is C#CN=C(/C(C=C)=C\C)N(C)CC(=O)N1CCN(c2cc(OC)c(Cl)cc2F)CC1. The molecule has 0 bridgehead atoms. The van der Waals surface area contributed by atoms with E-state index in [1.165, 1.54) is 13.2 Å². The molecule has 0 N–H and O–H groups in total. The Labute approximate surface area is 182 Å². The molecule has 0 spiro atoms. The Morgan fingerprint density at radius 3 is 2.63 bits per heavy atom. The highest BCUT2D eigenvalue weighted by atomic mass is 35.5. The highest BCUT2D eigenvalue weighted by Gasteiger charge is 2.25. The number of anilines is 1. The normalized spacial score (nSPS) is 14.9. The fourth-order valence-electron chi connectivity index (χ4n) is 3.26. The third kappa shape index (κ3) is 5.33. The number of allylic oxidation sites excluding steroid dienone is 1. The molecule has 0 saturated carbocycles. The maximum Gasteiger partial charge on any atom is 0.242 e. The third-order valence-corrected chi connectivity index (χ3v) is 5.18. The molecule has 1 aliphatic heterocycles. The molecule has 1 fully saturated rings. The van der Waals surface area contributed by atoms with Gasteiger partial charge in [-0.15, -0.1) is 0 Å². The zero-order valence-electron chi connectivity index (χ0n) is 17.5. The van der Waals surface area contributed by atoms with Crippen molar-refractivity contribution >= 4 is 29.0 Å². The second-order valence-corrected chi connectivity index (χ2v) is 7.08. The molecular weight excluding hydrogens is 407 g/mol. The Morgan fingerprint density at radius 1 is 1.43 bits per heavy atom. The van der Waals surface area contributed by atoms with Gasteiger partial charge in [-0.25, -0.2) is 4.39 Å². The molecule has 2 rings (SSSR count). The van der Waals surface area contributed by atoms with E-state index >= 15 is 0 Å². The van der Waals surface area contributed by atoms with Crippen LogP contribution in [0.1, 0.15) is 6.92 Å². The average molecular weight is 433 g/mol. The number of benzene rings is 1. The summed E-state index contributed by atoms with van der Waals surface area (Å²) in [6.07, 6.45) is 8.80. The molecule has 1 aliphatic rings. The van der Waals surface area contributed by atoms with Crippen LogP contribution in [0.3, 0.4) is 0 Å². The summed E-state index contributed by atoms with van der Waals surface area (Å²) in [6, 6.07) is 5.09. The van der Waals surface area contributed by atoms with Gasteiger partial charge in [-0.05, 0) is 13.0 Å². The van der Waals surface area contributed by atoms with Crippen LogP contribution in [0.2, 0.25) is 5.02 Å². The van der Waals surface area contributed by atoms with E-state index < -0.39 is 5.82 Å². The van der Waals surface area contributed by atoms with E-state index in [9.17, 15) is 9.18 Å². The number of carbonyl (C=O) groups is 1. The van der Waals surface area contributed by atoms with Gasteiger partial charge in [0.25, 0.3) is 0 Å². The number of rotatable bonds is 6. The van der Waals surface area contributed by atoms with Crippen molar-refractivity contribution in [2.24, 2.45) is 4.99 Å². The van der Waals surface area contributed by atoms with Gasteiger partial charge in [0.15, 0.2) is 0 Å². The molecule has 0 aromatic heterocycles. The summed E-state index contributed by atoms with van der Waals surface area (Å²) < 4.78 is 19.6. The highest BCUT2D eigenvalue weighted by Crippen LogP contribution is 2.32. The number of ether oxygens (including phenoxy) is 1. The standard InChI is InChI=1S/C22H26ClFN4O2/c1-6-16(7-2)22(25-8-3)26(4)15-21(29)28-11-9-27(10-12-28)19-14-20(30-5)17(23)13-18(19)24/h3,6-7,13-14H,1,9-12,15H2,2,4-5H3/b16-7-,25-22?. The number of carbonyl (C=O) groups excluding carboxylic acids is 1. The van der Waals surface area contributed by atoms with Gasteiger partial charge >= 0.3 is 0 Å². The first-order valence-electron chi connectivity index (χ1n) is 9.45. The summed E-state index contributed by atoms with van der Waals surface area (Å²) in [5.41, 5.74) is 1.16. The van der Waals surface area contributed by atoms with Crippen LogP contribution in [-0.4, -0.2) is 68.4 Å². The Bertz CT molecular complexity index is 899. The first-order valence-corrected chi connectivity index (χ1v) is 9.83. The van der Waals surface area contributed by atoms with Gasteiger partial charge in [0.05, 0.1) is 24.4 Å². The summed E-state index contributed by atoms with van der Waals surface area (Å²) in [4.78, 5) is 22.1. The van der Waals surface area contributed by atoms with E-state index in [1.54, 1.807) is 29.0 Å². The minimum Gasteiger partial charge on any atom is -0.495 e. The van der Waals surface area contributed by atoms with E-state index in [-0.39, 0.29) is 17.5 Å². The third-order valence-electron chi connectivity index (χ3n) is 4.89. The molecule has 6 nitrogen and oxygen atoms in total. The zero-order chi connectivity index (χ0) is 22.3. The minimum absolute atomic E-state index is 0.0597. The van der Waals surface area contributed by atoms with E-state index in [1.807, 2.05) is 17.9 Å². The molecule has 1 aromatic carbocycles. The van der Waals surface area contributed by atoms with Crippen LogP contribution < -0.4 is 9.64 Å². The zero-order valence-corrected chi connectivity index (χ0v) is 18.2. The number of hydrogen-bond acceptors (Lipinski definition) is 4. The number of terminal acetylenes is 1. The van der Waals surface area contributed by atoms with Crippen molar-refractivity contribution in [3.8, 4) is 18.2 Å². The number of amides is 1. The fourth-order valence-corrected chi connectivity index (χ4v) is 3.49. The molecule has 0 unspecified atom stereocenters. The first-order chi connectivity index (χ1) is 14.4. The number of methoxy groups -OCH3 is 1. The predicted molar refractivity (Wildman–Crippen MR) is 120 cm³/mol. The molecule has 30 heavy (non-hydrogen) atoms. The lowest BCUT2D eigenvalue weighted by Gasteiger charge is -2.37. The van der Waals surface area contributed by atoms with Crippen molar-refractivity contribution in [3.05, 3.63) is 47.3 Å². The van der Waals surface area contributed by atoms with Crippen LogP contribution in [0.15, 0.2) is 41.4 Å². The fraction of sp³-hybridized carbons (Fsp3) is 0.364. The number of nitrogens with zero attached hydrogens (tertiary/aromatic N) is 4. The highest BCUT2D eigenvalue weighted by molar-refractivity contribution is 6.32. The molecular formula is C22H26ClFN4O2. The van der Waals surface area contributed by atoms with Gasteiger partial charge in [0.2, 0.25) is 5.91 Å². The molecule has 160 valence electrons. The van der Waals surface area contributed by atoms with Crippen molar-refractivity contribution in [3.63, 3.8) is 0 Å². The molecule has 8 heteroatoms. The Kier molecular flexibility index (Phi) is 8.31. The van der Waals surface area contributed by atoms with Gasteiger partial charge in [-0.1, -0.05) is 36.8 Å². The number of amidine groups is 1. The van der Waals surface area contributed by atoms with Gasteiger partial charge in [-0.3, -0.25) is 4.79 Å². The molecule has 0 radical (unpaired) electrons. The van der Waals surface area contributed by atoms with Gasteiger partial charge in [0, 0.05) is 50.9 Å². The Hall–Kier alpha value is -2.98. The predicted octanol–water partition coefficient (Wildman–Crippen LogP) is 3.19. The lowest BCUT2D eigenvalue weighted by Crippen LogP contribution is -2.51. The van der Waals surface area contributed by atoms with E-state index in [4.69, 9.17) is 22.8 Å². The molecule has 1 heterocycles. The van der Waals surface area contributed by atoms with Gasteiger partial charge in [0.1, 0.15) is 17.4 Å². The lowest BCUT2D eigenvalue weighted by atomic mass is 10.2. The van der Waals surface area contributed by atoms with Crippen LogP contribution in [0.4, 0.5) is 10.1 Å². The first kappa shape index (κ1) is 23.3. The summed E-state index contributed by atoms with van der Waals surface area (Å²) in [7, 11) is 3.24. The Morgan fingerprint density at radius 2 is 2.10 bits per heavy atom. The molecule has 1 saturated heterocycles. The van der Waals surface area contributed by atoms with Crippen molar-refractivity contribution in [1.82, 2.24) is 9.80 Å². The van der Waals surface area contributed by atoms with Crippen LogP contribution in [-0.2, 0) is 4.79 Å². The minimum atomic E-state index is -0.418. The number of aliphatic imine (C=N–C) groups is 1. The van der Waals surface area contributed by atoms with Gasteiger partial charge < -0.3 is 19.4 Å². The second kappa shape index (κ2) is 10.7. The summed E-state index contributed by atoms with van der Waals surface area (Å²) in [6.45, 7) is 7.65. The molecule has 1 amide bonds. The van der Waals surface area contributed by atoms with Crippen molar-refractivity contribution in [2.45, 2.75) is 6.92 Å². The van der Waals surface area contributed by atoms with Crippen LogP contribution >= 0.6 is 11.6 Å². The van der Waals surface area contributed by atoms with E-state index in [0.717, 1.165) is 5.57 Å². The number of halogens is 2. The molecule has 1 aromatic rings. The monoisotopic (exact) mass is 432 g/mol. The van der Waals surface area contributed by atoms with E-state index in [2.05, 4.69) is 17.6 Å². The maximum absolute atomic E-state index is 14.4. The van der Waals surface area contributed by atoms with Gasteiger partial charge in [-0.2, -0.15) is 4.99 Å². The second-order valence-electron chi connectivity index (χ2n) is 6.67. The van der Waals surface area contributed by atoms with Crippen LogP contribution in [0, 0.1) is 18.3 Å². The Balaban J connectivity index is 2.03. The lowest BCUT2D eigenvalue weighted by molar-refractivity contribution is -0.131. The van der Waals surface area contributed by atoms with E-state index in [0.29, 0.717) is 43.5 Å². The number of likely N-dealkylation sites (N-methyl/N-ethyl adjacent to an activating group) is 1.